The zero-order valence-corrected chi connectivity index (χ0v) is 17.2. The Hall–Kier alpha value is -1.71. The Labute approximate surface area is 168 Å². The zero-order valence-electron chi connectivity index (χ0n) is 16.4. The summed E-state index contributed by atoms with van der Waals surface area (Å²) in [6, 6.07) is 16.5. The standard InChI is InChI=1S/C23H31ClO3/c1-23(2,19-11-13-20(14-12-19)26-17-7-5-15-24)21-9-3-4-10-22(21)27-18-8-6-16-25/h3-4,9-14,25H,5-8,15-18H2,1-2H3. The first-order chi connectivity index (χ1) is 13.1. The number of ether oxygens (including phenoxy) is 2. The van der Waals surface area contributed by atoms with Crippen LogP contribution in [0, 0.1) is 0 Å². The van der Waals surface area contributed by atoms with Crippen molar-refractivity contribution in [3.8, 4) is 11.5 Å². The molecule has 0 heterocycles. The maximum atomic E-state index is 8.93. The molecule has 0 aliphatic carbocycles. The van der Waals surface area contributed by atoms with Crippen molar-refractivity contribution in [3.05, 3.63) is 59.7 Å². The molecule has 2 aromatic carbocycles. The molecule has 0 bridgehead atoms. The fourth-order valence-electron chi connectivity index (χ4n) is 3.01. The molecular formula is C23H31ClO3. The molecule has 0 spiro atoms. The van der Waals surface area contributed by atoms with Crippen LogP contribution >= 0.6 is 11.6 Å². The SMILES string of the molecule is CC(C)(c1ccc(OCCCCCl)cc1)c1ccccc1OCCCCO. The number of aliphatic hydroxyl groups excluding tert-OH is 1. The third-order valence-electron chi connectivity index (χ3n) is 4.74. The molecule has 1 N–H and O–H groups in total. The molecule has 0 fully saturated rings. The summed E-state index contributed by atoms with van der Waals surface area (Å²) in [5, 5.41) is 8.93. The number of para-hydroxylation sites is 1. The molecule has 0 saturated carbocycles. The maximum Gasteiger partial charge on any atom is 0.123 e. The molecule has 0 aromatic heterocycles. The van der Waals surface area contributed by atoms with Crippen LogP contribution in [0.25, 0.3) is 0 Å². The second-order valence-corrected chi connectivity index (χ2v) is 7.55. The van der Waals surface area contributed by atoms with Gasteiger partial charge in [0.15, 0.2) is 0 Å². The number of benzene rings is 2. The van der Waals surface area contributed by atoms with Crippen LogP contribution in [-0.2, 0) is 5.41 Å². The van der Waals surface area contributed by atoms with E-state index in [1.807, 2.05) is 30.3 Å². The van der Waals surface area contributed by atoms with Crippen LogP contribution in [0.2, 0.25) is 0 Å². The minimum absolute atomic E-state index is 0.190. The first-order valence-corrected chi connectivity index (χ1v) is 10.3. The van der Waals surface area contributed by atoms with Gasteiger partial charge in [-0.25, -0.2) is 0 Å². The van der Waals surface area contributed by atoms with Crippen molar-refractivity contribution >= 4 is 11.6 Å². The van der Waals surface area contributed by atoms with E-state index in [1.54, 1.807) is 0 Å². The summed E-state index contributed by atoms with van der Waals surface area (Å²) < 4.78 is 11.8. The minimum atomic E-state index is -0.190. The Morgan fingerprint density at radius 2 is 1.52 bits per heavy atom. The maximum absolute atomic E-state index is 8.93. The first kappa shape index (κ1) is 21.6. The lowest BCUT2D eigenvalue weighted by atomic mass is 9.77. The van der Waals surface area contributed by atoms with Crippen molar-refractivity contribution in [2.45, 2.75) is 44.9 Å². The van der Waals surface area contributed by atoms with Gasteiger partial charge in [-0.1, -0.05) is 44.2 Å². The number of rotatable bonds is 12. The summed E-state index contributed by atoms with van der Waals surface area (Å²) in [6.07, 6.45) is 3.55. The number of aliphatic hydroxyl groups is 1. The summed E-state index contributed by atoms with van der Waals surface area (Å²) in [7, 11) is 0. The average molecular weight is 391 g/mol. The minimum Gasteiger partial charge on any atom is -0.494 e. The van der Waals surface area contributed by atoms with Gasteiger partial charge in [0.25, 0.3) is 0 Å². The van der Waals surface area contributed by atoms with E-state index < -0.39 is 0 Å². The van der Waals surface area contributed by atoms with E-state index in [4.69, 9.17) is 26.2 Å². The number of hydrogen-bond acceptors (Lipinski definition) is 3. The monoisotopic (exact) mass is 390 g/mol. The van der Waals surface area contributed by atoms with Gasteiger partial charge in [0, 0.05) is 23.5 Å². The Morgan fingerprint density at radius 3 is 2.22 bits per heavy atom. The lowest BCUT2D eigenvalue weighted by Crippen LogP contribution is -2.20. The fourth-order valence-corrected chi connectivity index (χ4v) is 3.20. The van der Waals surface area contributed by atoms with Gasteiger partial charge in [-0.2, -0.15) is 0 Å². The third kappa shape index (κ3) is 6.44. The normalized spacial score (nSPS) is 11.4. The predicted octanol–water partition coefficient (Wildman–Crippen LogP) is 5.56. The topological polar surface area (TPSA) is 38.7 Å². The van der Waals surface area contributed by atoms with E-state index in [0.717, 1.165) is 42.7 Å². The first-order valence-electron chi connectivity index (χ1n) is 9.72. The quantitative estimate of drug-likeness (QED) is 0.380. The van der Waals surface area contributed by atoms with E-state index in [-0.39, 0.29) is 12.0 Å². The molecular weight excluding hydrogens is 360 g/mol. The lowest BCUT2D eigenvalue weighted by Gasteiger charge is -2.28. The smallest absolute Gasteiger partial charge is 0.123 e. The van der Waals surface area contributed by atoms with Crippen molar-refractivity contribution in [2.75, 3.05) is 25.7 Å². The van der Waals surface area contributed by atoms with Crippen molar-refractivity contribution in [2.24, 2.45) is 0 Å². The molecule has 2 aromatic rings. The van der Waals surface area contributed by atoms with Crippen LogP contribution in [0.1, 0.15) is 50.7 Å². The van der Waals surface area contributed by atoms with Gasteiger partial charge >= 0.3 is 0 Å². The highest BCUT2D eigenvalue weighted by Crippen LogP contribution is 2.37. The zero-order chi connectivity index (χ0) is 19.5. The summed E-state index contributed by atoms with van der Waals surface area (Å²) in [5.74, 6) is 2.47. The molecule has 0 saturated heterocycles. The molecule has 0 amide bonds. The van der Waals surface area contributed by atoms with E-state index in [1.165, 1.54) is 5.56 Å². The number of alkyl halides is 1. The van der Waals surface area contributed by atoms with Crippen LogP contribution in [0.4, 0.5) is 0 Å². The van der Waals surface area contributed by atoms with Crippen molar-refractivity contribution in [1.29, 1.82) is 0 Å². The number of hydrogen-bond donors (Lipinski definition) is 1. The highest BCUT2D eigenvalue weighted by molar-refractivity contribution is 6.17. The fraction of sp³-hybridized carbons (Fsp3) is 0.478. The summed E-state index contributed by atoms with van der Waals surface area (Å²) in [6.45, 7) is 5.93. The molecule has 2 rings (SSSR count). The van der Waals surface area contributed by atoms with Gasteiger partial charge in [-0.15, -0.1) is 11.6 Å². The van der Waals surface area contributed by atoms with E-state index in [0.29, 0.717) is 19.1 Å². The van der Waals surface area contributed by atoms with Crippen LogP contribution in [0.3, 0.4) is 0 Å². The lowest BCUT2D eigenvalue weighted by molar-refractivity contribution is 0.251. The Bertz CT molecular complexity index is 668. The van der Waals surface area contributed by atoms with Crippen LogP contribution < -0.4 is 9.47 Å². The number of halogens is 1. The summed E-state index contributed by atoms with van der Waals surface area (Å²) in [5.41, 5.74) is 2.18. The highest BCUT2D eigenvalue weighted by Gasteiger charge is 2.26. The van der Waals surface area contributed by atoms with Crippen LogP contribution in [0.15, 0.2) is 48.5 Å². The van der Waals surface area contributed by atoms with Gasteiger partial charge in [0.2, 0.25) is 0 Å². The van der Waals surface area contributed by atoms with Gasteiger partial charge in [-0.3, -0.25) is 0 Å². The van der Waals surface area contributed by atoms with Gasteiger partial charge in [0.1, 0.15) is 11.5 Å². The van der Waals surface area contributed by atoms with Crippen molar-refractivity contribution < 1.29 is 14.6 Å². The van der Waals surface area contributed by atoms with Gasteiger partial charge in [0.05, 0.1) is 13.2 Å². The molecule has 0 aliphatic rings. The number of unbranched alkanes of at least 4 members (excludes halogenated alkanes) is 2. The third-order valence-corrected chi connectivity index (χ3v) is 5.01. The van der Waals surface area contributed by atoms with Crippen LogP contribution in [0.5, 0.6) is 11.5 Å². The molecule has 0 atom stereocenters. The molecule has 3 nitrogen and oxygen atoms in total. The van der Waals surface area contributed by atoms with E-state index in [9.17, 15) is 0 Å². The Kier molecular flexibility index (Phi) is 8.96. The van der Waals surface area contributed by atoms with Crippen molar-refractivity contribution in [3.63, 3.8) is 0 Å². The molecule has 0 unspecified atom stereocenters. The van der Waals surface area contributed by atoms with E-state index >= 15 is 0 Å². The largest absolute Gasteiger partial charge is 0.494 e. The van der Waals surface area contributed by atoms with Crippen molar-refractivity contribution in [1.82, 2.24) is 0 Å². The average Bonchev–Trinajstić information content (AvgIpc) is 2.69. The predicted molar refractivity (Wildman–Crippen MR) is 112 cm³/mol. The molecule has 0 radical (unpaired) electrons. The second-order valence-electron chi connectivity index (χ2n) is 7.17. The summed E-state index contributed by atoms with van der Waals surface area (Å²) in [4.78, 5) is 0. The van der Waals surface area contributed by atoms with E-state index in [2.05, 4.69) is 32.0 Å². The molecule has 27 heavy (non-hydrogen) atoms. The van der Waals surface area contributed by atoms with Gasteiger partial charge < -0.3 is 14.6 Å². The molecule has 0 aliphatic heterocycles. The summed E-state index contributed by atoms with van der Waals surface area (Å²) >= 11 is 5.70. The Morgan fingerprint density at radius 1 is 0.852 bits per heavy atom. The van der Waals surface area contributed by atoms with Crippen LogP contribution in [-0.4, -0.2) is 30.8 Å². The second kappa shape index (κ2) is 11.2. The Balaban J connectivity index is 2.08. The highest BCUT2D eigenvalue weighted by atomic mass is 35.5. The van der Waals surface area contributed by atoms with Gasteiger partial charge in [-0.05, 0) is 49.4 Å². The molecule has 148 valence electrons. The molecule has 4 heteroatoms.